The van der Waals surface area contributed by atoms with Crippen LogP contribution in [0.4, 0.5) is 0 Å². The van der Waals surface area contributed by atoms with Crippen molar-refractivity contribution in [3.05, 3.63) is 58.6 Å². The third-order valence-corrected chi connectivity index (χ3v) is 4.96. The average Bonchev–Trinajstić information content (AvgIpc) is 2.67. The Kier molecular flexibility index (Phi) is 5.24. The van der Waals surface area contributed by atoms with Crippen LogP contribution in [-0.4, -0.2) is 29.8 Å². The van der Waals surface area contributed by atoms with Crippen molar-refractivity contribution < 1.29 is 9.59 Å². The Morgan fingerprint density at radius 2 is 1.96 bits per heavy atom. The van der Waals surface area contributed by atoms with Gasteiger partial charge in [-0.15, -0.1) is 0 Å². The molecule has 5 nitrogen and oxygen atoms in total. The van der Waals surface area contributed by atoms with E-state index >= 15 is 0 Å². The van der Waals surface area contributed by atoms with Gasteiger partial charge < -0.3 is 10.6 Å². The zero-order chi connectivity index (χ0) is 18.7. The van der Waals surface area contributed by atoms with Gasteiger partial charge in [-0.05, 0) is 48.2 Å². The number of piperidine rings is 1. The summed E-state index contributed by atoms with van der Waals surface area (Å²) in [4.78, 5) is 25.9. The van der Waals surface area contributed by atoms with E-state index in [0.717, 1.165) is 24.0 Å². The van der Waals surface area contributed by atoms with Gasteiger partial charge in [0.05, 0.1) is 16.5 Å². The lowest BCUT2D eigenvalue weighted by Crippen LogP contribution is -2.44. The monoisotopic (exact) mass is 367 g/mol. The van der Waals surface area contributed by atoms with E-state index in [1.165, 1.54) is 0 Å². The van der Waals surface area contributed by atoms with Crippen LogP contribution in [0.15, 0.2) is 42.5 Å². The molecule has 1 saturated heterocycles. The van der Waals surface area contributed by atoms with Gasteiger partial charge in [0.2, 0.25) is 5.91 Å². The van der Waals surface area contributed by atoms with Crippen LogP contribution in [0.1, 0.15) is 28.8 Å². The average molecular weight is 368 g/mol. The molecule has 0 spiro atoms. The maximum absolute atomic E-state index is 12.8. The molecular formula is C20H18ClN3O2. The van der Waals surface area contributed by atoms with Crippen molar-refractivity contribution >= 4 is 23.4 Å². The molecule has 0 bridgehead atoms. The highest BCUT2D eigenvalue weighted by Gasteiger charge is 2.27. The summed E-state index contributed by atoms with van der Waals surface area (Å²) in [5.41, 5.74) is 8.02. The molecule has 2 aromatic carbocycles. The lowest BCUT2D eigenvalue weighted by atomic mass is 9.96. The summed E-state index contributed by atoms with van der Waals surface area (Å²) in [7, 11) is 0. The largest absolute Gasteiger partial charge is 0.369 e. The smallest absolute Gasteiger partial charge is 0.253 e. The second kappa shape index (κ2) is 7.59. The molecule has 2 N–H and O–H groups in total. The maximum Gasteiger partial charge on any atom is 0.253 e. The van der Waals surface area contributed by atoms with Crippen molar-refractivity contribution in [3.63, 3.8) is 0 Å². The summed E-state index contributed by atoms with van der Waals surface area (Å²) in [6.07, 6.45) is 1.49. The number of primary amides is 1. The number of nitrogens with zero attached hydrogens (tertiary/aromatic N) is 2. The number of carbonyl (C=O) groups is 2. The summed E-state index contributed by atoms with van der Waals surface area (Å²) >= 11 is 6.11. The molecule has 3 rings (SSSR count). The molecule has 132 valence electrons. The molecule has 1 heterocycles. The Labute approximate surface area is 157 Å². The maximum atomic E-state index is 12.8. The van der Waals surface area contributed by atoms with E-state index in [-0.39, 0.29) is 17.7 Å². The quantitative estimate of drug-likeness (QED) is 0.903. The van der Waals surface area contributed by atoms with Crippen LogP contribution in [0.25, 0.3) is 11.1 Å². The fraction of sp³-hybridized carbons (Fsp3) is 0.250. The molecular weight excluding hydrogens is 350 g/mol. The topological polar surface area (TPSA) is 87.2 Å². The molecule has 0 aromatic heterocycles. The highest BCUT2D eigenvalue weighted by atomic mass is 35.5. The number of hydrogen-bond donors (Lipinski definition) is 1. The van der Waals surface area contributed by atoms with E-state index in [2.05, 4.69) is 0 Å². The van der Waals surface area contributed by atoms with Crippen LogP contribution in [0.2, 0.25) is 5.02 Å². The highest BCUT2D eigenvalue weighted by Crippen LogP contribution is 2.27. The molecule has 1 fully saturated rings. The first kappa shape index (κ1) is 18.0. The van der Waals surface area contributed by atoms with Gasteiger partial charge in [-0.3, -0.25) is 9.59 Å². The Balaban J connectivity index is 1.85. The molecule has 1 aliphatic heterocycles. The van der Waals surface area contributed by atoms with E-state index in [1.807, 2.05) is 18.2 Å². The number of likely N-dealkylation sites (tertiary alicyclic amines) is 1. The molecule has 6 heteroatoms. The van der Waals surface area contributed by atoms with Crippen LogP contribution < -0.4 is 5.73 Å². The van der Waals surface area contributed by atoms with Gasteiger partial charge in [-0.2, -0.15) is 5.26 Å². The van der Waals surface area contributed by atoms with Crippen LogP contribution in [0.3, 0.4) is 0 Å². The minimum Gasteiger partial charge on any atom is -0.369 e. The van der Waals surface area contributed by atoms with Gasteiger partial charge in [0.1, 0.15) is 6.07 Å². The first-order chi connectivity index (χ1) is 12.5. The summed E-state index contributed by atoms with van der Waals surface area (Å²) in [6, 6.07) is 14.5. The van der Waals surface area contributed by atoms with Crippen molar-refractivity contribution in [3.8, 4) is 17.2 Å². The number of nitriles is 1. The number of nitrogens with two attached hydrogens (primary N) is 1. The predicted molar refractivity (Wildman–Crippen MR) is 99.4 cm³/mol. The van der Waals surface area contributed by atoms with Crippen LogP contribution in [0.5, 0.6) is 0 Å². The van der Waals surface area contributed by atoms with Crippen molar-refractivity contribution in [1.29, 1.82) is 5.26 Å². The second-order valence-electron chi connectivity index (χ2n) is 6.38. The highest BCUT2D eigenvalue weighted by molar-refractivity contribution is 6.32. The van der Waals surface area contributed by atoms with Crippen molar-refractivity contribution in [2.24, 2.45) is 11.7 Å². The first-order valence-electron chi connectivity index (χ1n) is 8.38. The molecule has 0 saturated carbocycles. The van der Waals surface area contributed by atoms with Gasteiger partial charge in [0, 0.05) is 18.7 Å². The van der Waals surface area contributed by atoms with Crippen molar-refractivity contribution in [1.82, 2.24) is 4.90 Å². The lowest BCUT2D eigenvalue weighted by molar-refractivity contribution is -0.123. The van der Waals surface area contributed by atoms with E-state index in [0.29, 0.717) is 29.2 Å². The summed E-state index contributed by atoms with van der Waals surface area (Å²) in [6.45, 7) is 0.983. The Bertz CT molecular complexity index is 904. The number of halogens is 1. The summed E-state index contributed by atoms with van der Waals surface area (Å²) in [5.74, 6) is -0.755. The number of carbonyl (C=O) groups excluding carboxylic acids is 2. The molecule has 0 radical (unpaired) electrons. The third kappa shape index (κ3) is 3.71. The molecule has 0 unspecified atom stereocenters. The predicted octanol–water partition coefficient (Wildman–Crippen LogP) is 3.22. The third-order valence-electron chi connectivity index (χ3n) is 4.64. The van der Waals surface area contributed by atoms with Gasteiger partial charge in [0.25, 0.3) is 5.91 Å². The van der Waals surface area contributed by atoms with Crippen LogP contribution in [-0.2, 0) is 4.79 Å². The van der Waals surface area contributed by atoms with Gasteiger partial charge in [0.15, 0.2) is 0 Å². The molecule has 0 aliphatic carbocycles. The first-order valence-corrected chi connectivity index (χ1v) is 8.76. The normalized spacial score (nSPS) is 16.8. The van der Waals surface area contributed by atoms with Crippen molar-refractivity contribution in [2.75, 3.05) is 13.1 Å². The minimum atomic E-state index is -0.358. The second-order valence-corrected chi connectivity index (χ2v) is 6.79. The summed E-state index contributed by atoms with van der Waals surface area (Å²) in [5, 5.41) is 9.36. The molecule has 1 aliphatic rings. The van der Waals surface area contributed by atoms with E-state index in [9.17, 15) is 9.59 Å². The number of benzene rings is 2. The molecule has 1 atom stereocenters. The van der Waals surface area contributed by atoms with Crippen LogP contribution >= 0.6 is 11.6 Å². The Morgan fingerprint density at radius 1 is 1.19 bits per heavy atom. The molecule has 2 aromatic rings. The van der Waals surface area contributed by atoms with Crippen molar-refractivity contribution in [2.45, 2.75) is 12.8 Å². The number of hydrogen-bond acceptors (Lipinski definition) is 3. The zero-order valence-corrected chi connectivity index (χ0v) is 14.9. The SMILES string of the molecule is N#Cc1ccc(-c2cccc(C(=O)N3CCC[C@@H](C(N)=O)C3)c2)cc1Cl. The summed E-state index contributed by atoms with van der Waals surface area (Å²) < 4.78 is 0. The number of amides is 2. The molecule has 26 heavy (non-hydrogen) atoms. The fourth-order valence-electron chi connectivity index (χ4n) is 3.19. The fourth-order valence-corrected chi connectivity index (χ4v) is 3.42. The standard InChI is InChI=1S/C20H18ClN3O2/c21-18-10-14(6-7-16(18)11-22)13-3-1-4-15(9-13)20(26)24-8-2-5-17(12-24)19(23)25/h1,3-4,6-7,9-10,17H,2,5,8,12H2,(H2,23,25)/t17-/m1/s1. The van der Waals surface area contributed by atoms with E-state index in [1.54, 1.807) is 35.2 Å². The van der Waals surface area contributed by atoms with Gasteiger partial charge in [-0.1, -0.05) is 29.8 Å². The van der Waals surface area contributed by atoms with E-state index in [4.69, 9.17) is 22.6 Å². The lowest BCUT2D eigenvalue weighted by Gasteiger charge is -2.31. The van der Waals surface area contributed by atoms with Gasteiger partial charge >= 0.3 is 0 Å². The van der Waals surface area contributed by atoms with Crippen LogP contribution in [0, 0.1) is 17.2 Å². The van der Waals surface area contributed by atoms with Gasteiger partial charge in [-0.25, -0.2) is 0 Å². The zero-order valence-electron chi connectivity index (χ0n) is 14.1. The Morgan fingerprint density at radius 3 is 2.65 bits per heavy atom. The van der Waals surface area contributed by atoms with E-state index < -0.39 is 0 Å². The molecule has 2 amide bonds. The number of rotatable bonds is 3. The minimum absolute atomic E-state index is 0.113. The Hall–Kier alpha value is -2.84.